The second kappa shape index (κ2) is 7.55. The molecule has 1 amide bonds. The molecule has 2 heterocycles. The van der Waals surface area contributed by atoms with E-state index >= 15 is 0 Å². The van der Waals surface area contributed by atoms with Crippen LogP contribution in [0, 0.1) is 10.1 Å². The van der Waals surface area contributed by atoms with Crippen LogP contribution in [0.25, 0.3) is 0 Å². The largest absolute Gasteiger partial charge is 0.337 e. The zero-order valence-corrected chi connectivity index (χ0v) is 14.1. The molecule has 0 aliphatic carbocycles. The smallest absolute Gasteiger partial charge is 0.273 e. The van der Waals surface area contributed by atoms with Crippen LogP contribution in [0.5, 0.6) is 0 Å². The quantitative estimate of drug-likeness (QED) is 0.631. The van der Waals surface area contributed by atoms with Crippen molar-refractivity contribution in [1.29, 1.82) is 0 Å². The normalized spacial score (nSPS) is 15.9. The predicted molar refractivity (Wildman–Crippen MR) is 93.2 cm³/mol. The molecule has 0 saturated carbocycles. The van der Waals surface area contributed by atoms with Crippen LogP contribution in [0.1, 0.15) is 22.3 Å². The molecule has 0 N–H and O–H groups in total. The molecule has 1 aliphatic heterocycles. The van der Waals surface area contributed by atoms with Crippen molar-refractivity contribution in [3.8, 4) is 0 Å². The maximum Gasteiger partial charge on any atom is 0.273 e. The summed E-state index contributed by atoms with van der Waals surface area (Å²) >= 11 is 1.52. The number of nitrogens with zero attached hydrogens (tertiary/aromatic N) is 3. The third kappa shape index (κ3) is 3.80. The highest BCUT2D eigenvalue weighted by atomic mass is 32.1. The summed E-state index contributed by atoms with van der Waals surface area (Å²) in [4.78, 5) is 27.3. The summed E-state index contributed by atoms with van der Waals surface area (Å²) in [6, 6.07) is 8.71. The van der Waals surface area contributed by atoms with Crippen LogP contribution in [-0.4, -0.2) is 46.8 Å². The average Bonchev–Trinajstić information content (AvgIpc) is 3.02. The van der Waals surface area contributed by atoms with Crippen LogP contribution in [0.4, 0.5) is 5.69 Å². The number of rotatable bonds is 4. The molecular weight excluding hydrogens is 326 g/mol. The fraction of sp³-hybridized carbons (Fsp3) is 0.353. The van der Waals surface area contributed by atoms with Crippen molar-refractivity contribution in [2.24, 2.45) is 0 Å². The molecule has 1 aliphatic rings. The molecule has 0 radical (unpaired) electrons. The van der Waals surface area contributed by atoms with Gasteiger partial charge in [-0.2, -0.15) is 11.3 Å². The van der Waals surface area contributed by atoms with Crippen molar-refractivity contribution >= 4 is 22.9 Å². The Hall–Kier alpha value is -2.25. The van der Waals surface area contributed by atoms with Crippen molar-refractivity contribution < 1.29 is 9.72 Å². The number of hydrogen-bond acceptors (Lipinski definition) is 5. The van der Waals surface area contributed by atoms with E-state index < -0.39 is 0 Å². The van der Waals surface area contributed by atoms with Gasteiger partial charge in [-0.25, -0.2) is 0 Å². The third-order valence-corrected chi connectivity index (χ3v) is 4.91. The average molecular weight is 345 g/mol. The number of nitro benzene ring substituents is 1. The molecule has 1 aromatic carbocycles. The maximum absolute atomic E-state index is 12.4. The van der Waals surface area contributed by atoms with Gasteiger partial charge in [-0.1, -0.05) is 18.2 Å². The molecule has 0 spiro atoms. The first-order chi connectivity index (χ1) is 11.6. The minimum absolute atomic E-state index is 0.0730. The van der Waals surface area contributed by atoms with Gasteiger partial charge in [0.2, 0.25) is 0 Å². The summed E-state index contributed by atoms with van der Waals surface area (Å²) in [7, 11) is 0. The first kappa shape index (κ1) is 16.6. The molecule has 24 heavy (non-hydrogen) atoms. The molecule has 0 bridgehead atoms. The number of para-hydroxylation sites is 1. The van der Waals surface area contributed by atoms with Gasteiger partial charge >= 0.3 is 0 Å². The van der Waals surface area contributed by atoms with Gasteiger partial charge in [0.25, 0.3) is 11.6 Å². The summed E-state index contributed by atoms with van der Waals surface area (Å²) in [5.41, 5.74) is 1.63. The molecule has 1 saturated heterocycles. The van der Waals surface area contributed by atoms with Gasteiger partial charge in [-0.05, 0) is 17.9 Å². The van der Waals surface area contributed by atoms with Crippen molar-refractivity contribution in [1.82, 2.24) is 9.80 Å². The third-order valence-electron chi connectivity index (χ3n) is 4.23. The fourth-order valence-corrected chi connectivity index (χ4v) is 3.59. The second-order valence-corrected chi connectivity index (χ2v) is 6.60. The molecule has 0 unspecified atom stereocenters. The number of nitro groups is 1. The highest BCUT2D eigenvalue weighted by molar-refractivity contribution is 7.08. The Labute approximate surface area is 144 Å². The Bertz CT molecular complexity index is 718. The van der Waals surface area contributed by atoms with E-state index in [1.54, 1.807) is 18.2 Å². The van der Waals surface area contributed by atoms with Gasteiger partial charge in [0, 0.05) is 49.7 Å². The van der Waals surface area contributed by atoms with Crippen LogP contribution >= 0.6 is 11.3 Å². The van der Waals surface area contributed by atoms with Gasteiger partial charge in [-0.3, -0.25) is 19.8 Å². The van der Waals surface area contributed by atoms with Crippen LogP contribution in [0.3, 0.4) is 0 Å². The van der Waals surface area contributed by atoms with Crippen molar-refractivity contribution in [2.75, 3.05) is 26.2 Å². The van der Waals surface area contributed by atoms with E-state index in [2.05, 4.69) is 4.90 Å². The van der Waals surface area contributed by atoms with Crippen molar-refractivity contribution in [3.05, 3.63) is 62.3 Å². The van der Waals surface area contributed by atoms with Gasteiger partial charge in [0.15, 0.2) is 0 Å². The monoisotopic (exact) mass is 345 g/mol. The predicted octanol–water partition coefficient (Wildman–Crippen LogP) is 3.00. The number of carbonyl (C=O) groups excluding carboxylic acids is 1. The lowest BCUT2D eigenvalue weighted by molar-refractivity contribution is -0.385. The Morgan fingerprint density at radius 2 is 2.00 bits per heavy atom. The highest BCUT2D eigenvalue weighted by Crippen LogP contribution is 2.20. The van der Waals surface area contributed by atoms with Gasteiger partial charge in [0.05, 0.1) is 10.5 Å². The van der Waals surface area contributed by atoms with E-state index in [1.165, 1.54) is 11.3 Å². The molecule has 2 aromatic rings. The van der Waals surface area contributed by atoms with E-state index in [0.717, 1.165) is 37.2 Å². The van der Waals surface area contributed by atoms with Crippen molar-refractivity contribution in [3.63, 3.8) is 0 Å². The SMILES string of the molecule is O=C(c1ccsc1)N1CCCN(Cc2ccccc2[N+](=O)[O-])CC1. The van der Waals surface area contributed by atoms with Crippen LogP contribution in [0.2, 0.25) is 0 Å². The number of hydrogen-bond donors (Lipinski definition) is 0. The summed E-state index contributed by atoms with van der Waals surface area (Å²) in [5, 5.41) is 14.9. The summed E-state index contributed by atoms with van der Waals surface area (Å²) in [6.07, 6.45) is 0.872. The zero-order chi connectivity index (χ0) is 16.9. The van der Waals surface area contributed by atoms with E-state index in [4.69, 9.17) is 0 Å². The van der Waals surface area contributed by atoms with Crippen LogP contribution in [-0.2, 0) is 6.54 Å². The Balaban J connectivity index is 1.64. The molecule has 126 valence electrons. The zero-order valence-electron chi connectivity index (χ0n) is 13.3. The molecule has 3 rings (SSSR count). The topological polar surface area (TPSA) is 66.7 Å². The second-order valence-electron chi connectivity index (χ2n) is 5.82. The standard InChI is InChI=1S/C17H19N3O3S/c21-17(15-6-11-24-13-15)19-8-3-7-18(9-10-19)12-14-4-1-2-5-16(14)20(22)23/h1-2,4-6,11,13H,3,7-10,12H2. The lowest BCUT2D eigenvalue weighted by Gasteiger charge is -2.21. The lowest BCUT2D eigenvalue weighted by atomic mass is 10.1. The van der Waals surface area contributed by atoms with Gasteiger partial charge in [-0.15, -0.1) is 0 Å². The Morgan fingerprint density at radius 3 is 2.75 bits per heavy atom. The lowest BCUT2D eigenvalue weighted by Crippen LogP contribution is -2.34. The van der Waals surface area contributed by atoms with Crippen LogP contribution < -0.4 is 0 Å². The minimum Gasteiger partial charge on any atom is -0.337 e. The van der Waals surface area contributed by atoms with E-state index in [9.17, 15) is 14.9 Å². The van der Waals surface area contributed by atoms with Crippen molar-refractivity contribution in [2.45, 2.75) is 13.0 Å². The first-order valence-corrected chi connectivity index (χ1v) is 8.85. The Morgan fingerprint density at radius 1 is 1.17 bits per heavy atom. The molecule has 0 atom stereocenters. The van der Waals surface area contributed by atoms with Gasteiger partial charge in [0.1, 0.15) is 0 Å². The summed E-state index contributed by atoms with van der Waals surface area (Å²) in [6.45, 7) is 3.47. The molecule has 6 nitrogen and oxygen atoms in total. The molecular formula is C17H19N3O3S. The van der Waals surface area contributed by atoms with E-state index in [0.29, 0.717) is 13.1 Å². The highest BCUT2D eigenvalue weighted by Gasteiger charge is 2.22. The first-order valence-electron chi connectivity index (χ1n) is 7.91. The minimum atomic E-state index is -0.334. The summed E-state index contributed by atoms with van der Waals surface area (Å²) in [5.74, 6) is 0.0730. The van der Waals surface area contributed by atoms with Gasteiger partial charge < -0.3 is 4.90 Å². The Kier molecular flexibility index (Phi) is 5.22. The number of carbonyl (C=O) groups is 1. The van der Waals surface area contributed by atoms with E-state index in [1.807, 2.05) is 27.8 Å². The van der Waals surface area contributed by atoms with E-state index in [-0.39, 0.29) is 16.5 Å². The summed E-state index contributed by atoms with van der Waals surface area (Å²) < 4.78 is 0. The number of amides is 1. The number of thiophene rings is 1. The molecule has 7 heteroatoms. The number of benzene rings is 1. The maximum atomic E-state index is 12.4. The molecule has 1 fully saturated rings. The molecule has 1 aromatic heterocycles. The fourth-order valence-electron chi connectivity index (χ4n) is 2.96. The van der Waals surface area contributed by atoms with Crippen LogP contribution in [0.15, 0.2) is 41.1 Å².